The second-order valence-electron chi connectivity index (χ2n) is 6.37. The maximum atomic E-state index is 13.5. The van der Waals surface area contributed by atoms with Gasteiger partial charge in [-0.05, 0) is 18.2 Å². The smallest absolute Gasteiger partial charge is 0.272 e. The molecular formula is C21H19FN4O2. The van der Waals surface area contributed by atoms with Crippen molar-refractivity contribution in [1.29, 1.82) is 0 Å². The minimum absolute atomic E-state index is 0.176. The number of anilines is 2. The van der Waals surface area contributed by atoms with Gasteiger partial charge in [0.25, 0.3) is 5.91 Å². The number of nitrogens with one attached hydrogen (secondary N) is 1. The fraction of sp³-hybridized carbons (Fsp3) is 0.190. The zero-order valence-corrected chi connectivity index (χ0v) is 15.1. The van der Waals surface area contributed by atoms with Crippen LogP contribution in [0.5, 0.6) is 0 Å². The van der Waals surface area contributed by atoms with Gasteiger partial charge in [-0.1, -0.05) is 36.4 Å². The molecule has 2 aromatic carbocycles. The van der Waals surface area contributed by atoms with Gasteiger partial charge in [-0.25, -0.2) is 14.4 Å². The summed E-state index contributed by atoms with van der Waals surface area (Å²) in [5.74, 6) is 0.326. The third kappa shape index (κ3) is 4.15. The molecule has 0 unspecified atom stereocenters. The van der Waals surface area contributed by atoms with Crippen LogP contribution in [0, 0.1) is 5.82 Å². The molecule has 3 aromatic rings. The Hall–Kier alpha value is -3.32. The third-order valence-corrected chi connectivity index (χ3v) is 4.37. The molecule has 1 aliphatic heterocycles. The Balaban J connectivity index is 1.71. The number of nitrogens with zero attached hydrogens (tertiary/aromatic N) is 3. The summed E-state index contributed by atoms with van der Waals surface area (Å²) < 4.78 is 18.8. The lowest BCUT2D eigenvalue weighted by molar-refractivity contribution is 0.0299. The highest BCUT2D eigenvalue weighted by molar-refractivity contribution is 5.93. The number of halogens is 1. The van der Waals surface area contributed by atoms with Crippen LogP contribution < -0.4 is 5.32 Å². The average molecular weight is 378 g/mol. The summed E-state index contributed by atoms with van der Waals surface area (Å²) in [6.45, 7) is 2.07. The third-order valence-electron chi connectivity index (χ3n) is 4.37. The van der Waals surface area contributed by atoms with Crippen LogP contribution in [0.25, 0.3) is 11.4 Å². The number of amides is 1. The van der Waals surface area contributed by atoms with Gasteiger partial charge in [0.15, 0.2) is 5.82 Å². The van der Waals surface area contributed by atoms with Crippen molar-refractivity contribution < 1.29 is 13.9 Å². The van der Waals surface area contributed by atoms with Crippen molar-refractivity contribution in [2.45, 2.75) is 0 Å². The number of carbonyl (C=O) groups excluding carboxylic acids is 1. The zero-order chi connectivity index (χ0) is 19.3. The summed E-state index contributed by atoms with van der Waals surface area (Å²) in [6.07, 6.45) is 0. The number of morpholine rings is 1. The number of hydrogen-bond donors (Lipinski definition) is 1. The molecule has 6 nitrogen and oxygen atoms in total. The van der Waals surface area contributed by atoms with Crippen molar-refractivity contribution in [3.63, 3.8) is 0 Å². The van der Waals surface area contributed by atoms with Gasteiger partial charge >= 0.3 is 0 Å². The summed E-state index contributed by atoms with van der Waals surface area (Å²) in [5.41, 5.74) is 1.62. The predicted octanol–water partition coefficient (Wildman–Crippen LogP) is 3.50. The SMILES string of the molecule is O=C(c1cc(Nc2cccc(F)c2)nc(-c2ccccc2)n1)N1CCOCC1. The number of carbonyl (C=O) groups is 1. The van der Waals surface area contributed by atoms with E-state index in [1.165, 1.54) is 12.1 Å². The Labute approximate surface area is 162 Å². The van der Waals surface area contributed by atoms with E-state index in [1.54, 1.807) is 23.1 Å². The molecule has 0 radical (unpaired) electrons. The Morgan fingerprint density at radius 3 is 2.54 bits per heavy atom. The standard InChI is InChI=1S/C21H19FN4O2/c22-16-7-4-8-17(13-16)23-19-14-18(21(27)26-9-11-28-12-10-26)24-20(25-19)15-5-2-1-3-6-15/h1-8,13-14H,9-12H2,(H,23,24,25). The minimum atomic E-state index is -0.355. The van der Waals surface area contributed by atoms with E-state index in [4.69, 9.17) is 4.74 Å². The molecule has 2 heterocycles. The van der Waals surface area contributed by atoms with E-state index in [9.17, 15) is 9.18 Å². The minimum Gasteiger partial charge on any atom is -0.378 e. The van der Waals surface area contributed by atoms with Crippen LogP contribution in [0.15, 0.2) is 60.7 Å². The summed E-state index contributed by atoms with van der Waals surface area (Å²) in [6, 6.07) is 17.1. The van der Waals surface area contributed by atoms with Crippen LogP contribution in [-0.4, -0.2) is 47.1 Å². The first kappa shape index (κ1) is 18.1. The van der Waals surface area contributed by atoms with Crippen molar-refractivity contribution in [3.8, 4) is 11.4 Å². The molecule has 28 heavy (non-hydrogen) atoms. The quantitative estimate of drug-likeness (QED) is 0.753. The Morgan fingerprint density at radius 2 is 1.79 bits per heavy atom. The normalized spacial score (nSPS) is 14.0. The Morgan fingerprint density at radius 1 is 1.00 bits per heavy atom. The molecule has 0 spiro atoms. The van der Waals surface area contributed by atoms with Gasteiger partial charge < -0.3 is 15.0 Å². The zero-order valence-electron chi connectivity index (χ0n) is 15.1. The molecule has 0 aliphatic carbocycles. The van der Waals surface area contributed by atoms with E-state index in [-0.39, 0.29) is 17.4 Å². The number of ether oxygens (including phenoxy) is 1. The van der Waals surface area contributed by atoms with Crippen molar-refractivity contribution in [2.24, 2.45) is 0 Å². The molecular weight excluding hydrogens is 359 g/mol. The second kappa shape index (κ2) is 8.14. The summed E-state index contributed by atoms with van der Waals surface area (Å²) in [5, 5.41) is 3.07. The molecule has 1 saturated heterocycles. The second-order valence-corrected chi connectivity index (χ2v) is 6.37. The summed E-state index contributed by atoms with van der Waals surface area (Å²) >= 11 is 0. The summed E-state index contributed by atoms with van der Waals surface area (Å²) in [4.78, 5) is 23.6. The van der Waals surface area contributed by atoms with Gasteiger partial charge in [-0.15, -0.1) is 0 Å². The van der Waals surface area contributed by atoms with E-state index in [1.807, 2.05) is 30.3 Å². The number of hydrogen-bond acceptors (Lipinski definition) is 5. The Kier molecular flexibility index (Phi) is 5.25. The average Bonchev–Trinajstić information content (AvgIpc) is 2.74. The fourth-order valence-electron chi connectivity index (χ4n) is 2.98. The highest BCUT2D eigenvalue weighted by Crippen LogP contribution is 2.22. The molecule has 1 amide bonds. The lowest BCUT2D eigenvalue weighted by Gasteiger charge is -2.26. The first-order valence-corrected chi connectivity index (χ1v) is 9.03. The van der Waals surface area contributed by atoms with Crippen LogP contribution in [0.3, 0.4) is 0 Å². The monoisotopic (exact) mass is 378 g/mol. The van der Waals surface area contributed by atoms with Crippen molar-refractivity contribution >= 4 is 17.4 Å². The molecule has 1 aliphatic rings. The number of aromatic nitrogens is 2. The largest absolute Gasteiger partial charge is 0.378 e. The van der Waals surface area contributed by atoms with E-state index in [2.05, 4.69) is 15.3 Å². The fourth-order valence-corrected chi connectivity index (χ4v) is 2.98. The lowest BCUT2D eigenvalue weighted by Crippen LogP contribution is -2.41. The predicted molar refractivity (Wildman–Crippen MR) is 104 cm³/mol. The molecule has 4 rings (SSSR count). The lowest BCUT2D eigenvalue weighted by atomic mass is 10.2. The van der Waals surface area contributed by atoms with Gasteiger partial charge in [0, 0.05) is 30.4 Å². The topological polar surface area (TPSA) is 67.4 Å². The molecule has 1 N–H and O–H groups in total. The molecule has 1 fully saturated rings. The van der Waals surface area contributed by atoms with Crippen LogP contribution in [0.4, 0.5) is 15.9 Å². The molecule has 7 heteroatoms. The molecule has 0 saturated carbocycles. The van der Waals surface area contributed by atoms with Crippen LogP contribution in [0.1, 0.15) is 10.5 Å². The Bertz CT molecular complexity index is 975. The molecule has 0 atom stereocenters. The number of rotatable bonds is 4. The maximum Gasteiger partial charge on any atom is 0.272 e. The first-order valence-electron chi connectivity index (χ1n) is 9.03. The van der Waals surface area contributed by atoms with Gasteiger partial charge in [0.05, 0.1) is 13.2 Å². The van der Waals surface area contributed by atoms with Crippen molar-refractivity contribution in [3.05, 3.63) is 72.2 Å². The van der Waals surface area contributed by atoms with E-state index < -0.39 is 0 Å². The van der Waals surface area contributed by atoms with E-state index in [0.29, 0.717) is 43.6 Å². The van der Waals surface area contributed by atoms with Crippen LogP contribution >= 0.6 is 0 Å². The maximum absolute atomic E-state index is 13.5. The summed E-state index contributed by atoms with van der Waals surface area (Å²) in [7, 11) is 0. The van der Waals surface area contributed by atoms with E-state index in [0.717, 1.165) is 5.56 Å². The van der Waals surface area contributed by atoms with Gasteiger partial charge in [-0.2, -0.15) is 0 Å². The van der Waals surface area contributed by atoms with Crippen molar-refractivity contribution in [1.82, 2.24) is 14.9 Å². The van der Waals surface area contributed by atoms with Gasteiger partial charge in [0.1, 0.15) is 17.3 Å². The van der Waals surface area contributed by atoms with Gasteiger partial charge in [0.2, 0.25) is 0 Å². The van der Waals surface area contributed by atoms with Crippen LogP contribution in [0.2, 0.25) is 0 Å². The molecule has 142 valence electrons. The van der Waals surface area contributed by atoms with Gasteiger partial charge in [-0.3, -0.25) is 4.79 Å². The first-order chi connectivity index (χ1) is 13.7. The molecule has 0 bridgehead atoms. The number of benzene rings is 2. The van der Waals surface area contributed by atoms with Crippen LogP contribution in [-0.2, 0) is 4.74 Å². The molecule has 1 aromatic heterocycles. The highest BCUT2D eigenvalue weighted by Gasteiger charge is 2.21. The van der Waals surface area contributed by atoms with Crippen molar-refractivity contribution in [2.75, 3.05) is 31.6 Å². The van der Waals surface area contributed by atoms with E-state index >= 15 is 0 Å². The highest BCUT2D eigenvalue weighted by atomic mass is 19.1.